The molecule has 0 aliphatic heterocycles. The minimum atomic E-state index is -0.370. The van der Waals surface area contributed by atoms with Crippen LogP contribution in [0.2, 0.25) is 0 Å². The molecule has 144 valence electrons. The Morgan fingerprint density at radius 2 is 1.93 bits per heavy atom. The molecule has 0 heterocycles. The topological polar surface area (TPSA) is 69.4 Å². The molecule has 0 aliphatic rings. The fourth-order valence-corrected chi connectivity index (χ4v) is 2.40. The molecule has 0 atom stereocenters. The maximum absolute atomic E-state index is 13.9. The van der Waals surface area contributed by atoms with Crippen molar-refractivity contribution in [2.24, 2.45) is 4.99 Å². The Bertz CT molecular complexity index is 805. The molecule has 0 aromatic heterocycles. The predicted molar refractivity (Wildman–Crippen MR) is 116 cm³/mol. The van der Waals surface area contributed by atoms with Crippen LogP contribution in [-0.2, 0) is 13.1 Å². The normalized spacial score (nSPS) is 10.5. The summed E-state index contributed by atoms with van der Waals surface area (Å²) in [6.45, 7) is 5.85. The van der Waals surface area contributed by atoms with Gasteiger partial charge in [0.15, 0.2) is 5.96 Å². The summed E-state index contributed by atoms with van der Waals surface area (Å²) in [5.41, 5.74) is 1.81. The summed E-state index contributed by atoms with van der Waals surface area (Å²) in [5, 5.41) is 15.3. The number of benzene rings is 2. The van der Waals surface area contributed by atoms with Gasteiger partial charge in [-0.05, 0) is 38.1 Å². The first kappa shape index (κ1) is 22.7. The summed E-state index contributed by atoms with van der Waals surface area (Å²) in [5.74, 6) is 1.02. The number of nitrogens with zero attached hydrogens (tertiary/aromatic N) is 2. The molecule has 7 heteroatoms. The number of aliphatic imine (C=N–C) groups is 1. The van der Waals surface area contributed by atoms with Crippen molar-refractivity contribution in [3.8, 4) is 11.8 Å². The van der Waals surface area contributed by atoms with E-state index in [1.54, 1.807) is 0 Å². The lowest BCUT2D eigenvalue weighted by molar-refractivity contribution is 0.336. The molecule has 5 nitrogen and oxygen atoms in total. The maximum atomic E-state index is 13.9. The molecule has 0 spiro atoms. The van der Waals surface area contributed by atoms with Crippen LogP contribution in [0.25, 0.3) is 0 Å². The van der Waals surface area contributed by atoms with Crippen molar-refractivity contribution >= 4 is 29.9 Å². The number of nitriles is 1. The molecule has 0 bridgehead atoms. The lowest BCUT2D eigenvalue weighted by Gasteiger charge is -2.14. The van der Waals surface area contributed by atoms with Crippen LogP contribution >= 0.6 is 24.0 Å². The van der Waals surface area contributed by atoms with Crippen molar-refractivity contribution in [2.45, 2.75) is 26.9 Å². The molecular formula is C20H24FIN4O. The maximum Gasteiger partial charge on any atom is 0.191 e. The second-order valence-corrected chi connectivity index (χ2v) is 5.51. The lowest BCUT2D eigenvalue weighted by Crippen LogP contribution is -2.36. The van der Waals surface area contributed by atoms with Gasteiger partial charge in [-0.15, -0.1) is 24.0 Å². The summed E-state index contributed by atoms with van der Waals surface area (Å²) in [6, 6.07) is 14.1. The van der Waals surface area contributed by atoms with Gasteiger partial charge in [-0.25, -0.2) is 9.38 Å². The average molecular weight is 482 g/mol. The fraction of sp³-hybridized carbons (Fsp3) is 0.300. The molecule has 0 amide bonds. The second-order valence-electron chi connectivity index (χ2n) is 5.51. The van der Waals surface area contributed by atoms with E-state index in [1.807, 2.05) is 44.2 Å². The van der Waals surface area contributed by atoms with Crippen LogP contribution in [0.3, 0.4) is 0 Å². The van der Waals surface area contributed by atoms with Crippen LogP contribution in [-0.4, -0.2) is 19.1 Å². The second kappa shape index (κ2) is 12.1. The van der Waals surface area contributed by atoms with Gasteiger partial charge in [0.1, 0.15) is 11.6 Å². The van der Waals surface area contributed by atoms with E-state index in [1.165, 1.54) is 18.2 Å². The van der Waals surface area contributed by atoms with Gasteiger partial charge < -0.3 is 15.4 Å². The number of hydrogen-bond donors (Lipinski definition) is 2. The zero-order valence-electron chi connectivity index (χ0n) is 15.5. The van der Waals surface area contributed by atoms with Crippen molar-refractivity contribution in [3.05, 3.63) is 65.0 Å². The van der Waals surface area contributed by atoms with Gasteiger partial charge in [0.25, 0.3) is 0 Å². The Labute approximate surface area is 176 Å². The molecule has 2 aromatic rings. The lowest BCUT2D eigenvalue weighted by atomic mass is 10.1. The van der Waals surface area contributed by atoms with Gasteiger partial charge >= 0.3 is 0 Å². The smallest absolute Gasteiger partial charge is 0.191 e. The number of nitrogens with one attached hydrogen (secondary N) is 2. The van der Waals surface area contributed by atoms with E-state index in [0.717, 1.165) is 11.3 Å². The number of rotatable bonds is 7. The third kappa shape index (κ3) is 7.06. The molecule has 0 unspecified atom stereocenters. The van der Waals surface area contributed by atoms with Crippen LogP contribution in [0, 0.1) is 17.1 Å². The third-order valence-corrected chi connectivity index (χ3v) is 3.65. The average Bonchev–Trinajstić information content (AvgIpc) is 2.66. The Kier molecular flexibility index (Phi) is 10.2. The minimum Gasteiger partial charge on any atom is -0.494 e. The number of guanidine groups is 1. The largest absolute Gasteiger partial charge is 0.494 e. The molecule has 0 radical (unpaired) electrons. The molecular weight excluding hydrogens is 458 g/mol. The first-order valence-electron chi connectivity index (χ1n) is 8.59. The van der Waals surface area contributed by atoms with Crippen LogP contribution in [0.5, 0.6) is 5.75 Å². The molecule has 0 fully saturated rings. The standard InChI is InChI=1S/C20H23FN4O.HI/c1-3-23-20(24-13-16-7-5-6-8-19(16)26-4-2)25-14-17-11-15(12-22)9-10-18(17)21;/h5-11H,3-4,13-14H2,1-2H3,(H2,23,24,25);1H. The molecule has 2 rings (SSSR count). The summed E-state index contributed by atoms with van der Waals surface area (Å²) in [4.78, 5) is 4.41. The summed E-state index contributed by atoms with van der Waals surface area (Å²) in [6.07, 6.45) is 0. The highest BCUT2D eigenvalue weighted by atomic mass is 127. The fourth-order valence-electron chi connectivity index (χ4n) is 2.40. The van der Waals surface area contributed by atoms with E-state index in [4.69, 9.17) is 10.00 Å². The monoisotopic (exact) mass is 482 g/mol. The summed E-state index contributed by atoms with van der Waals surface area (Å²) in [7, 11) is 0. The minimum absolute atomic E-state index is 0. The van der Waals surface area contributed by atoms with Gasteiger partial charge in [-0.3, -0.25) is 0 Å². The van der Waals surface area contributed by atoms with Crippen molar-refractivity contribution < 1.29 is 9.13 Å². The van der Waals surface area contributed by atoms with Crippen molar-refractivity contribution in [1.29, 1.82) is 5.26 Å². The Balaban J connectivity index is 0.00000364. The zero-order chi connectivity index (χ0) is 18.8. The van der Waals surface area contributed by atoms with Crippen LogP contribution < -0.4 is 15.4 Å². The van der Waals surface area contributed by atoms with E-state index in [-0.39, 0.29) is 36.3 Å². The van der Waals surface area contributed by atoms with Gasteiger partial charge in [0.2, 0.25) is 0 Å². The third-order valence-electron chi connectivity index (χ3n) is 3.65. The number of halogens is 2. The molecule has 27 heavy (non-hydrogen) atoms. The quantitative estimate of drug-likeness (QED) is 0.356. The van der Waals surface area contributed by atoms with Gasteiger partial charge in [-0.1, -0.05) is 18.2 Å². The highest BCUT2D eigenvalue weighted by Gasteiger charge is 2.06. The highest BCUT2D eigenvalue weighted by molar-refractivity contribution is 14.0. The zero-order valence-corrected chi connectivity index (χ0v) is 17.8. The van der Waals surface area contributed by atoms with E-state index < -0.39 is 0 Å². The van der Waals surface area contributed by atoms with Crippen LogP contribution in [0.1, 0.15) is 30.5 Å². The van der Waals surface area contributed by atoms with Crippen molar-refractivity contribution in [1.82, 2.24) is 10.6 Å². The molecule has 0 saturated carbocycles. The van der Waals surface area contributed by atoms with E-state index >= 15 is 0 Å². The van der Waals surface area contributed by atoms with Crippen molar-refractivity contribution in [2.75, 3.05) is 13.2 Å². The first-order valence-corrected chi connectivity index (χ1v) is 8.59. The molecule has 0 aliphatic carbocycles. The molecule has 0 saturated heterocycles. The predicted octanol–water partition coefficient (Wildman–Crippen LogP) is 3.97. The summed E-state index contributed by atoms with van der Waals surface area (Å²) < 4.78 is 19.5. The van der Waals surface area contributed by atoms with Crippen molar-refractivity contribution in [3.63, 3.8) is 0 Å². The summed E-state index contributed by atoms with van der Waals surface area (Å²) >= 11 is 0. The molecule has 2 aromatic carbocycles. The number of para-hydroxylation sites is 1. The van der Waals surface area contributed by atoms with E-state index in [0.29, 0.717) is 36.8 Å². The Morgan fingerprint density at radius 1 is 1.15 bits per heavy atom. The number of hydrogen-bond acceptors (Lipinski definition) is 3. The van der Waals surface area contributed by atoms with E-state index in [2.05, 4.69) is 15.6 Å². The first-order chi connectivity index (χ1) is 12.7. The van der Waals surface area contributed by atoms with E-state index in [9.17, 15) is 4.39 Å². The number of ether oxygens (including phenoxy) is 1. The Morgan fingerprint density at radius 3 is 2.63 bits per heavy atom. The SMILES string of the molecule is CCNC(=NCc1cc(C#N)ccc1F)NCc1ccccc1OCC.I. The van der Waals surface area contributed by atoms with Gasteiger partial charge in [-0.2, -0.15) is 5.26 Å². The van der Waals surface area contributed by atoms with Gasteiger partial charge in [0, 0.05) is 24.2 Å². The van der Waals surface area contributed by atoms with Gasteiger partial charge in [0.05, 0.1) is 24.8 Å². The molecule has 2 N–H and O–H groups in total. The highest BCUT2D eigenvalue weighted by Crippen LogP contribution is 2.17. The van der Waals surface area contributed by atoms with Crippen LogP contribution in [0.4, 0.5) is 4.39 Å². The Hall–Kier alpha value is -2.34. The van der Waals surface area contributed by atoms with Crippen LogP contribution in [0.15, 0.2) is 47.5 Å².